The van der Waals surface area contributed by atoms with Crippen LogP contribution in [0.15, 0.2) is 205 Å². The van der Waals surface area contributed by atoms with Crippen molar-refractivity contribution in [2.24, 2.45) is 0 Å². The van der Waals surface area contributed by atoms with Gasteiger partial charge in [-0.05, 0) is 93.2 Å². The molecule has 0 bridgehead atoms. The fourth-order valence-corrected chi connectivity index (χ4v) is 9.52. The van der Waals surface area contributed by atoms with Gasteiger partial charge in [-0.2, -0.15) is 0 Å². The van der Waals surface area contributed by atoms with E-state index in [0.29, 0.717) is 0 Å². The van der Waals surface area contributed by atoms with Crippen LogP contribution in [0.1, 0.15) is 0 Å². The number of nitrogens with zero attached hydrogens (tertiary/aromatic N) is 1. The first-order valence-corrected chi connectivity index (χ1v) is 19.5. The van der Waals surface area contributed by atoms with Crippen LogP contribution in [0.25, 0.3) is 86.3 Å². The topological polar surface area (TPSA) is 16.4 Å². The third-order valence-electron chi connectivity index (χ3n) is 10.9. The minimum Gasteiger partial charge on any atom is -0.456 e. The fourth-order valence-electron chi connectivity index (χ4n) is 8.28. The number of thiophene rings is 1. The molecule has 0 radical (unpaired) electrons. The number of rotatable bonds is 6. The molecule has 0 aliphatic heterocycles. The van der Waals surface area contributed by atoms with Crippen molar-refractivity contribution in [3.05, 3.63) is 200 Å². The standard InChI is InChI=1S/C52H33NOS/c1-2-13-36-32-37(27-26-34(36)12-1)35-28-30-39(31-29-35)53(40-15-9-14-38(33-40)41-19-10-21-45-43-17-5-8-25-50(43)55-52(41)45)47-22-6-3-16-42(47)44-20-11-24-49-51(44)46-18-4-7-23-48(46)54-49/h1-33H. The van der Waals surface area contributed by atoms with Gasteiger partial charge in [0.05, 0.1) is 5.69 Å². The van der Waals surface area contributed by atoms with E-state index in [4.69, 9.17) is 4.42 Å². The molecule has 0 atom stereocenters. The number of hydrogen-bond acceptors (Lipinski definition) is 3. The first-order valence-electron chi connectivity index (χ1n) is 18.7. The Morgan fingerprint density at radius 2 is 1.05 bits per heavy atom. The van der Waals surface area contributed by atoms with E-state index in [9.17, 15) is 0 Å². The molecule has 9 aromatic carbocycles. The lowest BCUT2D eigenvalue weighted by atomic mass is 9.96. The predicted molar refractivity (Wildman–Crippen MR) is 235 cm³/mol. The summed E-state index contributed by atoms with van der Waals surface area (Å²) in [5, 5.41) is 7.34. The third kappa shape index (κ3) is 5.32. The SMILES string of the molecule is c1cc(-c2cccc3c2sc2ccccc23)cc(N(c2ccc(-c3ccc4ccccc4c3)cc2)c2ccccc2-c2cccc3oc4ccccc4c23)c1. The van der Waals surface area contributed by atoms with Crippen LogP contribution in [0, 0.1) is 0 Å². The minimum absolute atomic E-state index is 0.887. The number of hydrogen-bond donors (Lipinski definition) is 0. The van der Waals surface area contributed by atoms with Crippen LogP contribution in [-0.2, 0) is 0 Å². The van der Waals surface area contributed by atoms with Gasteiger partial charge in [-0.1, -0.05) is 146 Å². The van der Waals surface area contributed by atoms with Crippen LogP contribution in [0.3, 0.4) is 0 Å². The van der Waals surface area contributed by atoms with Crippen LogP contribution in [0.5, 0.6) is 0 Å². The molecule has 0 amide bonds. The molecule has 55 heavy (non-hydrogen) atoms. The molecule has 0 fully saturated rings. The lowest BCUT2D eigenvalue weighted by Crippen LogP contribution is -2.11. The van der Waals surface area contributed by atoms with E-state index in [1.165, 1.54) is 53.2 Å². The summed E-state index contributed by atoms with van der Waals surface area (Å²) in [6.07, 6.45) is 0. The molecule has 0 aliphatic carbocycles. The molecule has 0 aliphatic rings. The molecule has 2 heterocycles. The fraction of sp³-hybridized carbons (Fsp3) is 0. The van der Waals surface area contributed by atoms with Crippen molar-refractivity contribution in [2.45, 2.75) is 0 Å². The smallest absolute Gasteiger partial charge is 0.136 e. The van der Waals surface area contributed by atoms with Crippen molar-refractivity contribution < 1.29 is 4.42 Å². The van der Waals surface area contributed by atoms with Crippen molar-refractivity contribution >= 4 is 81.3 Å². The Balaban J connectivity index is 1.11. The Morgan fingerprint density at radius 1 is 0.382 bits per heavy atom. The normalized spacial score (nSPS) is 11.6. The molecule has 0 unspecified atom stereocenters. The van der Waals surface area contributed by atoms with E-state index >= 15 is 0 Å². The zero-order valence-electron chi connectivity index (χ0n) is 29.8. The van der Waals surface area contributed by atoms with E-state index in [2.05, 4.69) is 199 Å². The molecule has 11 rings (SSSR count). The monoisotopic (exact) mass is 719 g/mol. The van der Waals surface area contributed by atoms with E-state index in [1.54, 1.807) is 0 Å². The highest BCUT2D eigenvalue weighted by molar-refractivity contribution is 7.26. The van der Waals surface area contributed by atoms with Gasteiger partial charge in [0.25, 0.3) is 0 Å². The van der Waals surface area contributed by atoms with Crippen molar-refractivity contribution in [1.82, 2.24) is 0 Å². The Labute approximate surface area is 322 Å². The summed E-state index contributed by atoms with van der Waals surface area (Å²) < 4.78 is 9.00. The Hall–Kier alpha value is -6.94. The minimum atomic E-state index is 0.887. The molecule has 11 aromatic rings. The number of para-hydroxylation sites is 2. The number of benzene rings is 9. The van der Waals surface area contributed by atoms with Crippen LogP contribution < -0.4 is 4.90 Å². The van der Waals surface area contributed by atoms with Crippen LogP contribution >= 0.6 is 11.3 Å². The predicted octanol–water partition coefficient (Wildman–Crippen LogP) is 15.6. The second-order valence-corrected chi connectivity index (χ2v) is 15.1. The maximum absolute atomic E-state index is 6.38. The van der Waals surface area contributed by atoms with Crippen molar-refractivity contribution in [3.63, 3.8) is 0 Å². The lowest BCUT2D eigenvalue weighted by molar-refractivity contribution is 0.669. The second kappa shape index (κ2) is 12.9. The number of anilines is 3. The van der Waals surface area contributed by atoms with Gasteiger partial charge < -0.3 is 9.32 Å². The zero-order valence-corrected chi connectivity index (χ0v) is 30.6. The van der Waals surface area contributed by atoms with Gasteiger partial charge in [-0.3, -0.25) is 0 Å². The van der Waals surface area contributed by atoms with Crippen molar-refractivity contribution in [1.29, 1.82) is 0 Å². The molecule has 0 N–H and O–H groups in total. The maximum atomic E-state index is 6.38. The highest BCUT2D eigenvalue weighted by Gasteiger charge is 2.21. The van der Waals surface area contributed by atoms with Gasteiger partial charge in [0, 0.05) is 47.9 Å². The second-order valence-electron chi connectivity index (χ2n) is 14.1. The summed E-state index contributed by atoms with van der Waals surface area (Å²) in [6, 6.07) is 72.2. The lowest BCUT2D eigenvalue weighted by Gasteiger charge is -2.28. The van der Waals surface area contributed by atoms with Gasteiger partial charge in [-0.25, -0.2) is 0 Å². The molecular weight excluding hydrogens is 687 g/mol. The van der Waals surface area contributed by atoms with Crippen molar-refractivity contribution in [2.75, 3.05) is 4.90 Å². The summed E-state index contributed by atoms with van der Waals surface area (Å²) in [7, 11) is 0. The molecule has 0 saturated carbocycles. The first kappa shape index (κ1) is 31.6. The van der Waals surface area contributed by atoms with Crippen LogP contribution in [-0.4, -0.2) is 0 Å². The molecule has 0 saturated heterocycles. The van der Waals surface area contributed by atoms with E-state index in [1.807, 2.05) is 17.4 Å². The number of fused-ring (bicyclic) bond motifs is 7. The molecule has 2 aromatic heterocycles. The number of furan rings is 1. The average Bonchev–Trinajstić information content (AvgIpc) is 3.83. The van der Waals surface area contributed by atoms with E-state index in [-0.39, 0.29) is 0 Å². The zero-order chi connectivity index (χ0) is 36.3. The Morgan fingerprint density at radius 3 is 1.98 bits per heavy atom. The first-order chi connectivity index (χ1) is 27.3. The van der Waals surface area contributed by atoms with Gasteiger partial charge in [0.2, 0.25) is 0 Å². The average molecular weight is 720 g/mol. The van der Waals surface area contributed by atoms with Crippen molar-refractivity contribution in [3.8, 4) is 33.4 Å². The Kier molecular flexibility index (Phi) is 7.39. The molecule has 3 heteroatoms. The van der Waals surface area contributed by atoms with Gasteiger partial charge in [-0.15, -0.1) is 11.3 Å². The Bertz CT molecular complexity index is 3220. The molecule has 2 nitrogen and oxygen atoms in total. The summed E-state index contributed by atoms with van der Waals surface area (Å²) in [5.74, 6) is 0. The molecule has 0 spiro atoms. The summed E-state index contributed by atoms with van der Waals surface area (Å²) in [4.78, 5) is 2.41. The third-order valence-corrected chi connectivity index (χ3v) is 12.1. The van der Waals surface area contributed by atoms with Gasteiger partial charge >= 0.3 is 0 Å². The maximum Gasteiger partial charge on any atom is 0.136 e. The van der Waals surface area contributed by atoms with Crippen LogP contribution in [0.2, 0.25) is 0 Å². The van der Waals surface area contributed by atoms with E-state index in [0.717, 1.165) is 50.1 Å². The van der Waals surface area contributed by atoms with Gasteiger partial charge in [0.15, 0.2) is 0 Å². The van der Waals surface area contributed by atoms with Gasteiger partial charge in [0.1, 0.15) is 11.2 Å². The highest BCUT2D eigenvalue weighted by atomic mass is 32.1. The summed E-state index contributed by atoms with van der Waals surface area (Å²) >= 11 is 1.87. The quantitative estimate of drug-likeness (QED) is 0.170. The van der Waals surface area contributed by atoms with Crippen LogP contribution in [0.4, 0.5) is 17.1 Å². The summed E-state index contributed by atoms with van der Waals surface area (Å²) in [5.41, 5.74) is 12.1. The molecular formula is C52H33NOS. The highest BCUT2D eigenvalue weighted by Crippen LogP contribution is 2.46. The molecule has 258 valence electrons. The van der Waals surface area contributed by atoms with E-state index < -0.39 is 0 Å². The summed E-state index contributed by atoms with van der Waals surface area (Å²) in [6.45, 7) is 0. The largest absolute Gasteiger partial charge is 0.456 e.